The Kier molecular flexibility index (Phi) is 5.32. The second-order valence-corrected chi connectivity index (χ2v) is 7.50. The van der Waals surface area contributed by atoms with Crippen LogP contribution in [0.3, 0.4) is 0 Å². The number of anilines is 1. The molecule has 27 heavy (non-hydrogen) atoms. The minimum Gasteiger partial charge on any atom is -0.481 e. The molecule has 0 amide bonds. The van der Waals surface area contributed by atoms with Crippen molar-refractivity contribution in [2.45, 2.75) is 38.3 Å². The Morgan fingerprint density at radius 2 is 2.00 bits per heavy atom. The van der Waals surface area contributed by atoms with Crippen molar-refractivity contribution in [3.63, 3.8) is 0 Å². The van der Waals surface area contributed by atoms with E-state index in [0.29, 0.717) is 17.6 Å². The van der Waals surface area contributed by atoms with Crippen LogP contribution in [0.2, 0.25) is 0 Å². The topological polar surface area (TPSA) is 48.8 Å². The first kappa shape index (κ1) is 18.3. The highest BCUT2D eigenvalue weighted by Gasteiger charge is 2.29. The number of aliphatic hydroxyl groups is 1. The monoisotopic (exact) mass is 367 g/mol. The van der Waals surface area contributed by atoms with Gasteiger partial charge in [0.1, 0.15) is 6.10 Å². The number of fused-ring (bicyclic) bond motifs is 1. The van der Waals surface area contributed by atoms with Crippen LogP contribution in [-0.4, -0.2) is 54.3 Å². The van der Waals surface area contributed by atoms with E-state index in [2.05, 4.69) is 33.8 Å². The number of piperidine rings is 1. The van der Waals surface area contributed by atoms with E-state index in [1.807, 2.05) is 18.2 Å². The number of hydrogen-bond donors (Lipinski definition) is 1. The van der Waals surface area contributed by atoms with E-state index < -0.39 is 6.10 Å². The van der Waals surface area contributed by atoms with Crippen LogP contribution in [0.15, 0.2) is 36.4 Å². The number of nitrogens with zero attached hydrogens (tertiary/aromatic N) is 3. The number of methoxy groups -OCH3 is 1. The van der Waals surface area contributed by atoms with Gasteiger partial charge in [-0.1, -0.05) is 25.1 Å². The summed E-state index contributed by atoms with van der Waals surface area (Å²) >= 11 is 0. The lowest BCUT2D eigenvalue weighted by Crippen LogP contribution is -2.44. The van der Waals surface area contributed by atoms with Crippen molar-refractivity contribution in [1.29, 1.82) is 0 Å². The highest BCUT2D eigenvalue weighted by Crippen LogP contribution is 2.35. The molecule has 0 spiro atoms. The molecule has 2 aliphatic heterocycles. The van der Waals surface area contributed by atoms with Crippen molar-refractivity contribution < 1.29 is 9.84 Å². The summed E-state index contributed by atoms with van der Waals surface area (Å²) in [6.45, 7) is 6.84. The van der Waals surface area contributed by atoms with Gasteiger partial charge in [0.2, 0.25) is 5.88 Å². The second-order valence-electron chi connectivity index (χ2n) is 7.50. The summed E-state index contributed by atoms with van der Waals surface area (Å²) in [5, 5.41) is 10.9. The molecule has 1 unspecified atom stereocenters. The lowest BCUT2D eigenvalue weighted by atomic mass is 10.0. The predicted molar refractivity (Wildman–Crippen MR) is 107 cm³/mol. The van der Waals surface area contributed by atoms with E-state index in [-0.39, 0.29) is 0 Å². The first-order valence-electron chi connectivity index (χ1n) is 10.0. The van der Waals surface area contributed by atoms with Crippen molar-refractivity contribution >= 4 is 5.69 Å². The third-order valence-electron chi connectivity index (χ3n) is 6.04. The predicted octanol–water partition coefficient (Wildman–Crippen LogP) is 3.02. The van der Waals surface area contributed by atoms with E-state index in [9.17, 15) is 5.11 Å². The molecule has 1 saturated heterocycles. The fourth-order valence-electron chi connectivity index (χ4n) is 4.39. The van der Waals surface area contributed by atoms with Crippen molar-refractivity contribution in [2.24, 2.45) is 0 Å². The van der Waals surface area contributed by atoms with Crippen LogP contribution in [0.4, 0.5) is 5.69 Å². The highest BCUT2D eigenvalue weighted by molar-refractivity contribution is 5.61. The summed E-state index contributed by atoms with van der Waals surface area (Å²) in [6.07, 6.45) is 2.79. The van der Waals surface area contributed by atoms with E-state index in [4.69, 9.17) is 4.74 Å². The Bertz CT molecular complexity index is 787. The standard InChI is InChI=1S/C22H29N3O2/c1-3-24-12-10-18(11-13-24)25-14-9-16-7-8-17(15-20(16)25)22(26)19-5-4-6-21(23-19)27-2/h4-8,15,18,22,26H,3,9-14H2,1-2H3. The number of aliphatic hydroxyl groups excluding tert-OH is 1. The number of ether oxygens (including phenoxy) is 1. The van der Waals surface area contributed by atoms with Gasteiger partial charge in [-0.15, -0.1) is 0 Å². The van der Waals surface area contributed by atoms with Crippen LogP contribution < -0.4 is 9.64 Å². The summed E-state index contributed by atoms with van der Waals surface area (Å²) in [5.41, 5.74) is 4.20. The third-order valence-corrected chi connectivity index (χ3v) is 6.04. The zero-order valence-electron chi connectivity index (χ0n) is 16.3. The first-order chi connectivity index (χ1) is 13.2. The maximum Gasteiger partial charge on any atom is 0.213 e. The lowest BCUT2D eigenvalue weighted by molar-refractivity contribution is 0.213. The summed E-state index contributed by atoms with van der Waals surface area (Å²) in [7, 11) is 1.59. The SMILES string of the molecule is CCN1CCC(N2CCc3ccc(C(O)c4cccc(OC)n4)cc32)CC1. The number of likely N-dealkylation sites (tertiary alicyclic amines) is 1. The molecule has 2 aromatic rings. The number of hydrogen-bond acceptors (Lipinski definition) is 5. The molecule has 5 nitrogen and oxygen atoms in total. The maximum atomic E-state index is 10.9. The van der Waals surface area contributed by atoms with E-state index in [0.717, 1.165) is 25.1 Å². The molecule has 144 valence electrons. The zero-order chi connectivity index (χ0) is 18.8. The Hall–Kier alpha value is -2.11. The van der Waals surface area contributed by atoms with Crippen LogP contribution in [0, 0.1) is 0 Å². The Labute approximate surface area is 161 Å². The molecule has 0 aliphatic carbocycles. The molecule has 1 aromatic heterocycles. The maximum absolute atomic E-state index is 10.9. The Balaban J connectivity index is 1.56. The largest absolute Gasteiger partial charge is 0.481 e. The van der Waals surface area contributed by atoms with Crippen LogP contribution >= 0.6 is 0 Å². The summed E-state index contributed by atoms with van der Waals surface area (Å²) in [5.74, 6) is 0.525. The number of aromatic nitrogens is 1. The van der Waals surface area contributed by atoms with Gasteiger partial charge < -0.3 is 19.6 Å². The number of benzene rings is 1. The van der Waals surface area contributed by atoms with Gasteiger partial charge >= 0.3 is 0 Å². The van der Waals surface area contributed by atoms with E-state index in [1.165, 1.54) is 37.2 Å². The minimum atomic E-state index is -0.741. The molecule has 0 saturated carbocycles. The van der Waals surface area contributed by atoms with Gasteiger partial charge in [-0.05, 0) is 49.1 Å². The normalized spacial score (nSPS) is 19.1. The molecular formula is C22H29N3O2. The zero-order valence-corrected chi connectivity index (χ0v) is 16.3. The smallest absolute Gasteiger partial charge is 0.213 e. The molecule has 2 aliphatic rings. The molecule has 1 N–H and O–H groups in total. The van der Waals surface area contributed by atoms with Crippen LogP contribution in [0.5, 0.6) is 5.88 Å². The average Bonchev–Trinajstić information content (AvgIpc) is 3.16. The number of pyridine rings is 1. The summed E-state index contributed by atoms with van der Waals surface area (Å²) in [4.78, 5) is 9.49. The van der Waals surface area contributed by atoms with Crippen molar-refractivity contribution in [3.8, 4) is 5.88 Å². The van der Waals surface area contributed by atoms with Gasteiger partial charge in [0.15, 0.2) is 0 Å². The van der Waals surface area contributed by atoms with Crippen LogP contribution in [0.1, 0.15) is 42.7 Å². The fraction of sp³-hybridized carbons (Fsp3) is 0.500. The van der Waals surface area contributed by atoms with Crippen molar-refractivity contribution in [2.75, 3.05) is 38.2 Å². The molecule has 1 fully saturated rings. The van der Waals surface area contributed by atoms with Crippen LogP contribution in [-0.2, 0) is 6.42 Å². The van der Waals surface area contributed by atoms with E-state index >= 15 is 0 Å². The first-order valence-corrected chi connectivity index (χ1v) is 10.0. The lowest BCUT2D eigenvalue weighted by Gasteiger charge is -2.37. The number of rotatable bonds is 5. The molecule has 1 aromatic carbocycles. The van der Waals surface area contributed by atoms with Gasteiger partial charge in [-0.25, -0.2) is 4.98 Å². The van der Waals surface area contributed by atoms with Gasteiger partial charge in [-0.2, -0.15) is 0 Å². The Morgan fingerprint density at radius 1 is 1.19 bits per heavy atom. The summed E-state index contributed by atoms with van der Waals surface area (Å²) in [6, 6.07) is 12.5. The van der Waals surface area contributed by atoms with Gasteiger partial charge in [0.05, 0.1) is 12.8 Å². The summed E-state index contributed by atoms with van der Waals surface area (Å²) < 4.78 is 5.19. The second kappa shape index (κ2) is 7.87. The highest BCUT2D eigenvalue weighted by atomic mass is 16.5. The quantitative estimate of drug-likeness (QED) is 0.880. The minimum absolute atomic E-state index is 0.525. The van der Waals surface area contributed by atoms with Crippen LogP contribution in [0.25, 0.3) is 0 Å². The molecule has 0 radical (unpaired) electrons. The van der Waals surface area contributed by atoms with Gasteiger partial charge in [0.25, 0.3) is 0 Å². The average molecular weight is 367 g/mol. The van der Waals surface area contributed by atoms with Gasteiger partial charge in [-0.3, -0.25) is 0 Å². The molecular weight excluding hydrogens is 338 g/mol. The van der Waals surface area contributed by atoms with Crippen molar-refractivity contribution in [1.82, 2.24) is 9.88 Å². The fourth-order valence-corrected chi connectivity index (χ4v) is 4.39. The van der Waals surface area contributed by atoms with Crippen molar-refractivity contribution in [3.05, 3.63) is 53.2 Å². The van der Waals surface area contributed by atoms with Gasteiger partial charge in [0, 0.05) is 37.4 Å². The molecule has 3 heterocycles. The van der Waals surface area contributed by atoms with E-state index in [1.54, 1.807) is 13.2 Å². The third kappa shape index (κ3) is 3.66. The molecule has 4 rings (SSSR count). The molecule has 5 heteroatoms. The molecule has 0 bridgehead atoms. The Morgan fingerprint density at radius 3 is 2.74 bits per heavy atom. The molecule has 1 atom stereocenters.